The van der Waals surface area contributed by atoms with E-state index < -0.39 is 23.6 Å². The number of Topliss-reactive ketones (excluding diaryl/α,β-unsaturated/α-hetero) is 1. The number of hydrogen-bond acceptors (Lipinski definition) is 5. The maximum atomic E-state index is 13.3. The third-order valence-corrected chi connectivity index (χ3v) is 6.29. The predicted octanol–water partition coefficient (Wildman–Crippen LogP) is 4.12. The molecule has 0 saturated heterocycles. The van der Waals surface area contributed by atoms with Gasteiger partial charge in [-0.25, -0.2) is 4.79 Å². The molecule has 4 aliphatic rings. The Labute approximate surface area is 175 Å². The molecular formula is C25H24O5. The molecule has 3 heterocycles. The van der Waals surface area contributed by atoms with E-state index in [-0.39, 0.29) is 17.8 Å². The Balaban J connectivity index is 1.75. The number of ketones is 1. The van der Waals surface area contributed by atoms with Crippen molar-refractivity contribution < 1.29 is 23.8 Å². The topological polar surface area (TPSA) is 61.8 Å². The molecule has 154 valence electrons. The standard InChI is InChI=1S/C25H24O5/c1-13-14(2)28-22-16-10-11-25(3,4)30-23(16)19-17(15-8-6-5-7-9-15)12-18(26)29-24(19)20(22)21(13)27/h5-14,19,24H,1-4H3/t13-,14+,19-,24-/m0/s1. The number of benzene rings is 1. The second kappa shape index (κ2) is 6.46. The zero-order valence-corrected chi connectivity index (χ0v) is 17.5. The fourth-order valence-corrected chi connectivity index (χ4v) is 4.56. The van der Waals surface area contributed by atoms with E-state index in [0.29, 0.717) is 17.1 Å². The molecule has 3 aliphatic heterocycles. The van der Waals surface area contributed by atoms with Gasteiger partial charge >= 0.3 is 5.97 Å². The summed E-state index contributed by atoms with van der Waals surface area (Å²) < 4.78 is 18.4. The van der Waals surface area contributed by atoms with E-state index in [1.54, 1.807) is 0 Å². The van der Waals surface area contributed by atoms with Crippen LogP contribution in [0.5, 0.6) is 0 Å². The number of rotatable bonds is 1. The molecule has 0 fully saturated rings. The molecule has 1 aromatic rings. The summed E-state index contributed by atoms with van der Waals surface area (Å²) in [6.07, 6.45) is 4.42. The van der Waals surface area contributed by atoms with Crippen LogP contribution >= 0.6 is 0 Å². The summed E-state index contributed by atoms with van der Waals surface area (Å²) in [4.78, 5) is 25.9. The average molecular weight is 404 g/mol. The lowest BCUT2D eigenvalue weighted by molar-refractivity contribution is -0.146. The molecule has 0 spiro atoms. The van der Waals surface area contributed by atoms with Crippen LogP contribution in [-0.4, -0.2) is 29.6 Å². The Morgan fingerprint density at radius 3 is 2.47 bits per heavy atom. The second-order valence-electron chi connectivity index (χ2n) is 8.84. The van der Waals surface area contributed by atoms with Gasteiger partial charge in [0.2, 0.25) is 0 Å². The molecule has 1 aliphatic carbocycles. The molecule has 4 atom stereocenters. The van der Waals surface area contributed by atoms with Crippen LogP contribution in [0.4, 0.5) is 0 Å². The van der Waals surface area contributed by atoms with Gasteiger partial charge in [0, 0.05) is 6.08 Å². The molecule has 1 aromatic carbocycles. The summed E-state index contributed by atoms with van der Waals surface area (Å²) in [6.45, 7) is 7.69. The van der Waals surface area contributed by atoms with Crippen molar-refractivity contribution >= 4 is 17.3 Å². The Morgan fingerprint density at radius 1 is 1.00 bits per heavy atom. The van der Waals surface area contributed by atoms with Crippen molar-refractivity contribution in [2.75, 3.05) is 0 Å². The predicted molar refractivity (Wildman–Crippen MR) is 111 cm³/mol. The van der Waals surface area contributed by atoms with Gasteiger partial charge in [0.1, 0.15) is 29.3 Å². The number of ether oxygens (including phenoxy) is 3. The second-order valence-corrected chi connectivity index (χ2v) is 8.84. The summed E-state index contributed by atoms with van der Waals surface area (Å²) in [6, 6.07) is 9.70. The lowest BCUT2D eigenvalue weighted by Gasteiger charge is -2.45. The van der Waals surface area contributed by atoms with E-state index in [1.165, 1.54) is 6.08 Å². The van der Waals surface area contributed by atoms with Crippen molar-refractivity contribution in [3.8, 4) is 0 Å². The van der Waals surface area contributed by atoms with E-state index >= 15 is 0 Å². The monoisotopic (exact) mass is 404 g/mol. The van der Waals surface area contributed by atoms with E-state index in [0.717, 1.165) is 16.7 Å². The number of fused-ring (bicyclic) bond motifs is 4. The highest BCUT2D eigenvalue weighted by Crippen LogP contribution is 2.51. The minimum absolute atomic E-state index is 0.0364. The minimum Gasteiger partial charge on any atom is -0.489 e. The number of carbonyl (C=O) groups is 2. The van der Waals surface area contributed by atoms with Crippen LogP contribution in [0.3, 0.4) is 0 Å². The molecule has 0 bridgehead atoms. The fraction of sp³-hybridized carbons (Fsp3) is 0.360. The van der Waals surface area contributed by atoms with Crippen molar-refractivity contribution in [3.05, 3.63) is 76.8 Å². The smallest absolute Gasteiger partial charge is 0.331 e. The van der Waals surface area contributed by atoms with Crippen molar-refractivity contribution in [3.63, 3.8) is 0 Å². The highest BCUT2D eigenvalue weighted by Gasteiger charge is 2.52. The van der Waals surface area contributed by atoms with Gasteiger partial charge in [-0.2, -0.15) is 0 Å². The largest absolute Gasteiger partial charge is 0.489 e. The minimum atomic E-state index is -0.767. The normalized spacial score (nSPS) is 31.7. The first-order valence-corrected chi connectivity index (χ1v) is 10.3. The molecule has 30 heavy (non-hydrogen) atoms. The molecule has 0 unspecified atom stereocenters. The van der Waals surface area contributed by atoms with Crippen LogP contribution < -0.4 is 0 Å². The Hall–Kier alpha value is -3.08. The zero-order valence-electron chi connectivity index (χ0n) is 17.5. The van der Waals surface area contributed by atoms with Gasteiger partial charge in [-0.3, -0.25) is 4.79 Å². The van der Waals surface area contributed by atoms with Crippen LogP contribution in [0.2, 0.25) is 0 Å². The first-order valence-electron chi connectivity index (χ1n) is 10.3. The average Bonchev–Trinajstić information content (AvgIpc) is 2.71. The van der Waals surface area contributed by atoms with Crippen molar-refractivity contribution in [2.45, 2.75) is 45.5 Å². The van der Waals surface area contributed by atoms with Gasteiger partial charge in [-0.1, -0.05) is 37.3 Å². The van der Waals surface area contributed by atoms with Crippen LogP contribution in [0, 0.1) is 11.8 Å². The Morgan fingerprint density at radius 2 is 1.73 bits per heavy atom. The van der Waals surface area contributed by atoms with Crippen molar-refractivity contribution in [2.24, 2.45) is 11.8 Å². The molecule has 5 heteroatoms. The number of allylic oxidation sites excluding steroid dienone is 1. The van der Waals surface area contributed by atoms with Crippen LogP contribution in [0.25, 0.3) is 5.57 Å². The summed E-state index contributed by atoms with van der Waals surface area (Å²) >= 11 is 0. The lowest BCUT2D eigenvalue weighted by Crippen LogP contribution is -2.47. The molecule has 0 aromatic heterocycles. The van der Waals surface area contributed by atoms with E-state index in [2.05, 4.69) is 0 Å². The van der Waals surface area contributed by atoms with Gasteiger partial charge in [0.05, 0.1) is 23.0 Å². The summed E-state index contributed by atoms with van der Waals surface area (Å²) in [7, 11) is 0. The summed E-state index contributed by atoms with van der Waals surface area (Å²) in [5.41, 5.74) is 2.37. The third-order valence-electron chi connectivity index (χ3n) is 6.29. The number of esters is 1. The number of carbonyl (C=O) groups excluding carboxylic acids is 2. The first-order chi connectivity index (χ1) is 14.3. The Kier molecular flexibility index (Phi) is 4.07. The SMILES string of the molecule is C[C@@H]1C(=O)C2=C(O[C@@H]1C)C1=C(OC(C)(C)C=C1)[C@@H]1C(c3ccccc3)=CC(=O)O[C@H]21. The maximum absolute atomic E-state index is 13.3. The third kappa shape index (κ3) is 2.76. The highest BCUT2D eigenvalue weighted by molar-refractivity contribution is 6.04. The quantitative estimate of drug-likeness (QED) is 0.659. The zero-order chi connectivity index (χ0) is 21.2. The van der Waals surface area contributed by atoms with Gasteiger partial charge in [0.15, 0.2) is 5.78 Å². The van der Waals surface area contributed by atoms with Crippen molar-refractivity contribution in [1.82, 2.24) is 0 Å². The molecule has 5 nitrogen and oxygen atoms in total. The molecule has 0 N–H and O–H groups in total. The Bertz CT molecular complexity index is 1070. The summed E-state index contributed by atoms with van der Waals surface area (Å²) in [5, 5.41) is 0. The van der Waals surface area contributed by atoms with E-state index in [1.807, 2.05) is 70.2 Å². The molecule has 0 radical (unpaired) electrons. The number of hydrogen-bond donors (Lipinski definition) is 0. The molecular weight excluding hydrogens is 380 g/mol. The maximum Gasteiger partial charge on any atom is 0.331 e. The van der Waals surface area contributed by atoms with Gasteiger partial charge in [0.25, 0.3) is 0 Å². The van der Waals surface area contributed by atoms with Crippen molar-refractivity contribution in [1.29, 1.82) is 0 Å². The van der Waals surface area contributed by atoms with Crippen LogP contribution in [-0.2, 0) is 23.8 Å². The van der Waals surface area contributed by atoms with Crippen LogP contribution in [0.1, 0.15) is 33.3 Å². The molecule has 0 saturated carbocycles. The first kappa shape index (κ1) is 18.9. The fourth-order valence-electron chi connectivity index (χ4n) is 4.56. The van der Waals surface area contributed by atoms with Gasteiger partial charge in [-0.15, -0.1) is 0 Å². The highest BCUT2D eigenvalue weighted by atomic mass is 16.6. The molecule has 5 rings (SSSR count). The van der Waals surface area contributed by atoms with Gasteiger partial charge < -0.3 is 14.2 Å². The van der Waals surface area contributed by atoms with Gasteiger partial charge in [-0.05, 0) is 44.1 Å². The van der Waals surface area contributed by atoms with Crippen LogP contribution in [0.15, 0.2) is 71.2 Å². The van der Waals surface area contributed by atoms with E-state index in [9.17, 15) is 9.59 Å². The van der Waals surface area contributed by atoms with E-state index in [4.69, 9.17) is 14.2 Å². The summed E-state index contributed by atoms with van der Waals surface area (Å²) in [5.74, 6) is -0.0575. The molecule has 0 amide bonds. The lowest BCUT2D eigenvalue weighted by atomic mass is 9.72.